The number of anilines is 1. The Labute approximate surface area is 128 Å². The molecule has 2 heterocycles. The second-order valence-corrected chi connectivity index (χ2v) is 5.14. The lowest BCUT2D eigenvalue weighted by Crippen LogP contribution is -2.26. The summed E-state index contributed by atoms with van der Waals surface area (Å²) < 4.78 is 5.73. The van der Waals surface area contributed by atoms with Crippen LogP contribution in [0.3, 0.4) is 0 Å². The van der Waals surface area contributed by atoms with Crippen LogP contribution in [0.15, 0.2) is 36.5 Å². The molecule has 0 radical (unpaired) electrons. The van der Waals surface area contributed by atoms with E-state index in [1.165, 1.54) is 0 Å². The highest BCUT2D eigenvalue weighted by Gasteiger charge is 2.17. The van der Waals surface area contributed by atoms with E-state index in [0.717, 1.165) is 16.9 Å². The third kappa shape index (κ3) is 2.87. The number of carbonyl (C=O) groups excluding carboxylic acids is 1. The van der Waals surface area contributed by atoms with E-state index in [9.17, 15) is 9.90 Å². The van der Waals surface area contributed by atoms with Crippen molar-refractivity contribution < 1.29 is 14.6 Å². The fourth-order valence-electron chi connectivity index (χ4n) is 2.49. The van der Waals surface area contributed by atoms with Crippen LogP contribution < -0.4 is 15.4 Å². The first-order valence-electron chi connectivity index (χ1n) is 7.03. The van der Waals surface area contributed by atoms with Crippen LogP contribution in [0.2, 0.25) is 0 Å². The van der Waals surface area contributed by atoms with Gasteiger partial charge in [-0.3, -0.25) is 4.79 Å². The van der Waals surface area contributed by atoms with Crippen molar-refractivity contribution in [2.75, 3.05) is 18.1 Å². The van der Waals surface area contributed by atoms with E-state index in [4.69, 9.17) is 10.5 Å². The van der Waals surface area contributed by atoms with Gasteiger partial charge in [-0.15, -0.1) is 0 Å². The number of hydrogen-bond donors (Lipinski definition) is 2. The molecule has 1 amide bonds. The SMILES string of the molecule is NC(=O)c1ccnc(N2CCOc3ccc(CO)cc3C2)c1. The molecule has 1 aliphatic rings. The molecule has 0 bridgehead atoms. The maximum Gasteiger partial charge on any atom is 0.248 e. The van der Waals surface area contributed by atoms with Crippen LogP contribution in [0, 0.1) is 0 Å². The predicted octanol–water partition coefficient (Wildman–Crippen LogP) is 1.07. The Morgan fingerprint density at radius 2 is 2.23 bits per heavy atom. The van der Waals surface area contributed by atoms with Gasteiger partial charge in [0.2, 0.25) is 5.91 Å². The number of hydrogen-bond acceptors (Lipinski definition) is 5. The monoisotopic (exact) mass is 299 g/mol. The van der Waals surface area contributed by atoms with Crippen molar-refractivity contribution in [1.29, 1.82) is 0 Å². The Hall–Kier alpha value is -2.60. The Balaban J connectivity index is 1.92. The summed E-state index contributed by atoms with van der Waals surface area (Å²) in [5.41, 5.74) is 7.57. The molecule has 3 rings (SSSR count). The van der Waals surface area contributed by atoms with Crippen LogP contribution >= 0.6 is 0 Å². The summed E-state index contributed by atoms with van der Waals surface area (Å²) in [6.45, 7) is 1.76. The zero-order valence-corrected chi connectivity index (χ0v) is 12.0. The number of aliphatic hydroxyl groups excluding tert-OH is 1. The van der Waals surface area contributed by atoms with Gasteiger partial charge in [0.15, 0.2) is 0 Å². The van der Waals surface area contributed by atoms with Gasteiger partial charge in [-0.2, -0.15) is 0 Å². The molecule has 1 aromatic heterocycles. The largest absolute Gasteiger partial charge is 0.491 e. The molecule has 6 nitrogen and oxygen atoms in total. The Kier molecular flexibility index (Phi) is 3.93. The van der Waals surface area contributed by atoms with Crippen molar-refractivity contribution in [3.8, 4) is 5.75 Å². The lowest BCUT2D eigenvalue weighted by atomic mass is 10.1. The number of nitrogens with two attached hydrogens (primary N) is 1. The molecular weight excluding hydrogens is 282 g/mol. The maximum absolute atomic E-state index is 11.3. The maximum atomic E-state index is 11.3. The molecule has 114 valence electrons. The topological polar surface area (TPSA) is 88.7 Å². The molecule has 0 fully saturated rings. The number of primary amides is 1. The minimum Gasteiger partial charge on any atom is -0.491 e. The van der Waals surface area contributed by atoms with Gasteiger partial charge in [0, 0.05) is 23.9 Å². The average molecular weight is 299 g/mol. The molecule has 3 N–H and O–H groups in total. The van der Waals surface area contributed by atoms with E-state index >= 15 is 0 Å². The van der Waals surface area contributed by atoms with Crippen molar-refractivity contribution in [2.24, 2.45) is 5.73 Å². The Morgan fingerprint density at radius 1 is 1.36 bits per heavy atom. The molecule has 0 saturated carbocycles. The third-order valence-corrected chi connectivity index (χ3v) is 3.64. The third-order valence-electron chi connectivity index (χ3n) is 3.64. The molecule has 1 aliphatic heterocycles. The first-order valence-corrected chi connectivity index (χ1v) is 7.03. The number of ether oxygens (including phenoxy) is 1. The highest BCUT2D eigenvalue weighted by atomic mass is 16.5. The molecule has 0 unspecified atom stereocenters. The van der Waals surface area contributed by atoms with E-state index in [1.54, 1.807) is 18.3 Å². The van der Waals surface area contributed by atoms with Gasteiger partial charge in [-0.1, -0.05) is 6.07 Å². The zero-order valence-electron chi connectivity index (χ0n) is 12.0. The average Bonchev–Trinajstić information content (AvgIpc) is 2.76. The molecule has 2 aromatic rings. The van der Waals surface area contributed by atoms with Gasteiger partial charge in [0.1, 0.15) is 18.2 Å². The van der Waals surface area contributed by atoms with Crippen LogP contribution in [0.4, 0.5) is 5.82 Å². The number of aliphatic hydroxyl groups is 1. The summed E-state index contributed by atoms with van der Waals surface area (Å²) >= 11 is 0. The number of aromatic nitrogens is 1. The molecule has 0 spiro atoms. The summed E-state index contributed by atoms with van der Waals surface area (Å²) in [6, 6.07) is 8.92. The van der Waals surface area contributed by atoms with Gasteiger partial charge in [-0.05, 0) is 29.8 Å². The standard InChI is InChI=1S/C16H17N3O3/c17-16(21)12-3-4-18-15(8-12)19-5-6-22-14-2-1-11(10-20)7-13(14)9-19/h1-4,7-8,20H,5-6,9-10H2,(H2,17,21). The molecule has 0 atom stereocenters. The molecule has 6 heteroatoms. The first kappa shape index (κ1) is 14.3. The van der Waals surface area contributed by atoms with Gasteiger partial charge in [-0.25, -0.2) is 4.98 Å². The number of benzene rings is 1. The Bertz CT molecular complexity index is 703. The van der Waals surface area contributed by atoms with Gasteiger partial charge >= 0.3 is 0 Å². The van der Waals surface area contributed by atoms with Crippen molar-refractivity contribution in [3.63, 3.8) is 0 Å². The van der Waals surface area contributed by atoms with Crippen molar-refractivity contribution in [3.05, 3.63) is 53.2 Å². The highest BCUT2D eigenvalue weighted by Crippen LogP contribution is 2.26. The summed E-state index contributed by atoms with van der Waals surface area (Å²) in [5, 5.41) is 9.27. The lowest BCUT2D eigenvalue weighted by Gasteiger charge is -2.21. The fraction of sp³-hybridized carbons (Fsp3) is 0.250. The van der Waals surface area contributed by atoms with Crippen LogP contribution in [-0.4, -0.2) is 29.1 Å². The first-order chi connectivity index (χ1) is 10.7. The van der Waals surface area contributed by atoms with E-state index in [2.05, 4.69) is 4.98 Å². The highest BCUT2D eigenvalue weighted by molar-refractivity contribution is 5.93. The van der Waals surface area contributed by atoms with Crippen LogP contribution in [-0.2, 0) is 13.2 Å². The normalized spacial score (nSPS) is 14.0. The van der Waals surface area contributed by atoms with Crippen molar-refractivity contribution in [1.82, 2.24) is 4.98 Å². The number of pyridine rings is 1. The van der Waals surface area contributed by atoms with Crippen molar-refractivity contribution >= 4 is 11.7 Å². The van der Waals surface area contributed by atoms with Crippen LogP contribution in [0.25, 0.3) is 0 Å². The van der Waals surface area contributed by atoms with E-state index in [0.29, 0.717) is 31.1 Å². The minimum atomic E-state index is -0.474. The molecule has 0 saturated heterocycles. The van der Waals surface area contributed by atoms with E-state index in [1.807, 2.05) is 23.1 Å². The number of nitrogens with zero attached hydrogens (tertiary/aromatic N) is 2. The van der Waals surface area contributed by atoms with E-state index < -0.39 is 5.91 Å². The predicted molar refractivity (Wildman–Crippen MR) is 81.7 cm³/mol. The van der Waals surface area contributed by atoms with Gasteiger partial charge in [0.25, 0.3) is 0 Å². The van der Waals surface area contributed by atoms with E-state index in [-0.39, 0.29) is 6.61 Å². The summed E-state index contributed by atoms with van der Waals surface area (Å²) in [7, 11) is 0. The lowest BCUT2D eigenvalue weighted by molar-refractivity contribution is 0.1000. The zero-order chi connectivity index (χ0) is 15.5. The number of fused-ring (bicyclic) bond motifs is 1. The molecule has 22 heavy (non-hydrogen) atoms. The second kappa shape index (κ2) is 6.03. The van der Waals surface area contributed by atoms with Crippen LogP contribution in [0.5, 0.6) is 5.75 Å². The number of carbonyl (C=O) groups is 1. The summed E-state index contributed by atoms with van der Waals surface area (Å²) in [5.74, 6) is 1.02. The Morgan fingerprint density at radius 3 is 3.00 bits per heavy atom. The van der Waals surface area contributed by atoms with Crippen LogP contribution in [0.1, 0.15) is 21.5 Å². The molecular formula is C16H17N3O3. The van der Waals surface area contributed by atoms with Gasteiger partial charge in [0.05, 0.1) is 13.2 Å². The fourth-order valence-corrected chi connectivity index (χ4v) is 2.49. The summed E-state index contributed by atoms with van der Waals surface area (Å²) in [6.07, 6.45) is 1.58. The van der Waals surface area contributed by atoms with Crippen molar-refractivity contribution in [2.45, 2.75) is 13.2 Å². The number of rotatable bonds is 3. The molecule has 1 aromatic carbocycles. The summed E-state index contributed by atoms with van der Waals surface area (Å²) in [4.78, 5) is 17.7. The number of amides is 1. The quantitative estimate of drug-likeness (QED) is 0.885. The second-order valence-electron chi connectivity index (χ2n) is 5.14. The smallest absolute Gasteiger partial charge is 0.248 e. The molecule has 0 aliphatic carbocycles. The van der Waals surface area contributed by atoms with Gasteiger partial charge < -0.3 is 20.5 Å². The minimum absolute atomic E-state index is 0.0112.